The van der Waals surface area contributed by atoms with Gasteiger partial charge in [-0.15, -0.1) is 21.5 Å². The summed E-state index contributed by atoms with van der Waals surface area (Å²) in [4.78, 5) is 18.4. The van der Waals surface area contributed by atoms with E-state index in [-0.39, 0.29) is 12.1 Å². The fraction of sp³-hybridized carbons (Fsp3) is 0.667. The molecular formula is C18H26N6OS. The zero-order chi connectivity index (χ0) is 17.9. The predicted molar refractivity (Wildman–Crippen MR) is 102 cm³/mol. The summed E-state index contributed by atoms with van der Waals surface area (Å²) < 4.78 is 2.17. The van der Waals surface area contributed by atoms with Crippen LogP contribution in [0.15, 0.2) is 0 Å². The number of amides is 2. The highest BCUT2D eigenvalue weighted by atomic mass is 32.1. The van der Waals surface area contributed by atoms with Gasteiger partial charge in [0.05, 0.1) is 11.7 Å². The van der Waals surface area contributed by atoms with Gasteiger partial charge in [-0.3, -0.25) is 5.32 Å². The minimum atomic E-state index is -0.229. The molecule has 0 bridgehead atoms. The fourth-order valence-corrected chi connectivity index (χ4v) is 4.85. The predicted octanol–water partition coefficient (Wildman–Crippen LogP) is 3.61. The van der Waals surface area contributed by atoms with Crippen LogP contribution in [0.5, 0.6) is 0 Å². The third-order valence-electron chi connectivity index (χ3n) is 5.19. The Balaban J connectivity index is 1.40. The van der Waals surface area contributed by atoms with Gasteiger partial charge in [-0.05, 0) is 45.4 Å². The number of aromatic nitrogens is 4. The van der Waals surface area contributed by atoms with Gasteiger partial charge in [0.2, 0.25) is 0 Å². The van der Waals surface area contributed by atoms with Crippen LogP contribution < -0.4 is 10.6 Å². The lowest BCUT2D eigenvalue weighted by Crippen LogP contribution is -2.32. The molecule has 0 radical (unpaired) electrons. The second kappa shape index (κ2) is 7.73. The maximum absolute atomic E-state index is 12.4. The maximum atomic E-state index is 12.4. The highest BCUT2D eigenvalue weighted by Gasteiger charge is 2.21. The van der Waals surface area contributed by atoms with E-state index in [1.807, 2.05) is 6.92 Å². The molecule has 2 amide bonds. The van der Waals surface area contributed by atoms with Gasteiger partial charge in [0.15, 0.2) is 11.0 Å². The quantitative estimate of drug-likeness (QED) is 0.804. The van der Waals surface area contributed by atoms with E-state index in [0.29, 0.717) is 5.13 Å². The first-order chi connectivity index (χ1) is 12.7. The average molecular weight is 375 g/mol. The molecule has 3 heterocycles. The van der Waals surface area contributed by atoms with Crippen molar-refractivity contribution in [2.45, 2.75) is 77.3 Å². The van der Waals surface area contributed by atoms with Crippen LogP contribution in [-0.2, 0) is 25.8 Å². The van der Waals surface area contributed by atoms with Gasteiger partial charge in [0.25, 0.3) is 0 Å². The number of fused-ring (bicyclic) bond motifs is 2. The van der Waals surface area contributed by atoms with E-state index >= 15 is 0 Å². The van der Waals surface area contributed by atoms with Crippen molar-refractivity contribution in [1.29, 1.82) is 0 Å². The Morgan fingerprint density at radius 3 is 2.81 bits per heavy atom. The lowest BCUT2D eigenvalue weighted by Gasteiger charge is -2.15. The van der Waals surface area contributed by atoms with Crippen molar-refractivity contribution in [3.8, 4) is 0 Å². The van der Waals surface area contributed by atoms with Crippen LogP contribution in [-0.4, -0.2) is 25.8 Å². The molecule has 0 aromatic carbocycles. The number of carbonyl (C=O) groups excluding carboxylic acids is 1. The molecule has 1 atom stereocenters. The number of thiazole rings is 1. The topological polar surface area (TPSA) is 84.7 Å². The molecule has 0 saturated heterocycles. The van der Waals surface area contributed by atoms with Gasteiger partial charge in [0, 0.05) is 17.8 Å². The average Bonchev–Trinajstić information content (AvgIpc) is 3.01. The van der Waals surface area contributed by atoms with Crippen LogP contribution in [0, 0.1) is 0 Å². The summed E-state index contributed by atoms with van der Waals surface area (Å²) in [7, 11) is 0. The molecule has 4 rings (SSSR count). The van der Waals surface area contributed by atoms with Gasteiger partial charge in [0.1, 0.15) is 5.82 Å². The molecule has 0 spiro atoms. The summed E-state index contributed by atoms with van der Waals surface area (Å²) in [5.74, 6) is 1.88. The molecule has 2 aromatic rings. The number of carbonyl (C=O) groups is 1. The Morgan fingerprint density at radius 1 is 1.08 bits per heavy atom. The van der Waals surface area contributed by atoms with Gasteiger partial charge in [-0.1, -0.05) is 12.8 Å². The number of nitrogens with zero attached hydrogens (tertiary/aromatic N) is 4. The van der Waals surface area contributed by atoms with Gasteiger partial charge >= 0.3 is 6.03 Å². The van der Waals surface area contributed by atoms with E-state index in [1.54, 1.807) is 11.3 Å². The molecule has 7 nitrogen and oxygen atoms in total. The summed E-state index contributed by atoms with van der Waals surface area (Å²) in [5.41, 5.74) is 1.17. The largest absolute Gasteiger partial charge is 0.328 e. The van der Waals surface area contributed by atoms with Crippen molar-refractivity contribution >= 4 is 22.5 Å². The summed E-state index contributed by atoms with van der Waals surface area (Å²) in [5, 5.41) is 15.2. The van der Waals surface area contributed by atoms with E-state index in [1.165, 1.54) is 36.3 Å². The molecule has 8 heteroatoms. The summed E-state index contributed by atoms with van der Waals surface area (Å²) >= 11 is 1.61. The Morgan fingerprint density at radius 2 is 1.88 bits per heavy atom. The second-order valence-corrected chi connectivity index (χ2v) is 8.29. The SMILES string of the molecule is C[C@@H](NC(=O)Nc1nc2c(s1)CCCCC2)c1nnc2n1CCCCC2. The van der Waals surface area contributed by atoms with Crippen molar-refractivity contribution in [3.05, 3.63) is 22.2 Å². The van der Waals surface area contributed by atoms with Crippen LogP contribution in [0.3, 0.4) is 0 Å². The normalized spacial score (nSPS) is 18.2. The molecule has 0 saturated carbocycles. The molecule has 2 aliphatic rings. The number of rotatable bonds is 3. The van der Waals surface area contributed by atoms with E-state index < -0.39 is 0 Å². The number of nitrogens with one attached hydrogen (secondary N) is 2. The number of hydrogen-bond donors (Lipinski definition) is 2. The molecule has 140 valence electrons. The van der Waals surface area contributed by atoms with Crippen LogP contribution in [0.25, 0.3) is 0 Å². The van der Waals surface area contributed by atoms with E-state index in [9.17, 15) is 4.79 Å². The van der Waals surface area contributed by atoms with Crippen LogP contribution in [0.2, 0.25) is 0 Å². The van der Waals surface area contributed by atoms with E-state index in [0.717, 1.165) is 50.3 Å². The third-order valence-corrected chi connectivity index (χ3v) is 6.26. The molecule has 26 heavy (non-hydrogen) atoms. The standard InChI is InChI=1S/C18H26N6OS/c1-12(16-23-22-15-10-6-3-7-11-24(15)16)19-17(25)21-18-20-13-8-4-2-5-9-14(13)26-18/h12H,2-11H2,1H3,(H2,19,20,21,25)/t12-/m1/s1. The second-order valence-electron chi connectivity index (χ2n) is 7.21. The first-order valence-corrected chi connectivity index (χ1v) is 10.5. The van der Waals surface area contributed by atoms with E-state index in [2.05, 4.69) is 30.4 Å². The smallest absolute Gasteiger partial charge is 0.321 e. The first kappa shape index (κ1) is 17.5. The minimum absolute atomic E-state index is 0.188. The number of anilines is 1. The summed E-state index contributed by atoms with van der Waals surface area (Å²) in [6, 6.07) is -0.417. The van der Waals surface area contributed by atoms with E-state index in [4.69, 9.17) is 0 Å². The zero-order valence-corrected chi connectivity index (χ0v) is 16.1. The molecule has 1 aliphatic heterocycles. The number of urea groups is 1. The third kappa shape index (κ3) is 3.75. The lowest BCUT2D eigenvalue weighted by atomic mass is 10.2. The molecule has 0 fully saturated rings. The first-order valence-electron chi connectivity index (χ1n) is 9.69. The minimum Gasteiger partial charge on any atom is -0.328 e. The summed E-state index contributed by atoms with van der Waals surface area (Å²) in [6.45, 7) is 2.89. The van der Waals surface area contributed by atoms with Crippen LogP contribution >= 0.6 is 11.3 Å². The Kier molecular flexibility index (Phi) is 5.19. The molecule has 2 aromatic heterocycles. The fourth-order valence-electron chi connectivity index (χ4n) is 3.80. The van der Waals surface area contributed by atoms with Crippen molar-refractivity contribution in [2.24, 2.45) is 0 Å². The van der Waals surface area contributed by atoms with Gasteiger partial charge in [-0.2, -0.15) is 0 Å². The molecule has 1 aliphatic carbocycles. The van der Waals surface area contributed by atoms with Crippen molar-refractivity contribution < 1.29 is 4.79 Å². The zero-order valence-electron chi connectivity index (χ0n) is 15.3. The van der Waals surface area contributed by atoms with Gasteiger partial charge < -0.3 is 9.88 Å². The monoisotopic (exact) mass is 374 g/mol. The van der Waals surface area contributed by atoms with Crippen LogP contribution in [0.1, 0.15) is 73.7 Å². The molecule has 2 N–H and O–H groups in total. The highest BCUT2D eigenvalue weighted by molar-refractivity contribution is 7.15. The Hall–Kier alpha value is -1.96. The molecule has 0 unspecified atom stereocenters. The van der Waals surface area contributed by atoms with Crippen molar-refractivity contribution in [2.75, 3.05) is 5.32 Å². The maximum Gasteiger partial charge on any atom is 0.321 e. The number of aryl methyl sites for hydroxylation is 3. The molecular weight excluding hydrogens is 348 g/mol. The van der Waals surface area contributed by atoms with Crippen molar-refractivity contribution in [3.63, 3.8) is 0 Å². The van der Waals surface area contributed by atoms with Gasteiger partial charge in [-0.25, -0.2) is 9.78 Å². The lowest BCUT2D eigenvalue weighted by molar-refractivity contribution is 0.248. The highest BCUT2D eigenvalue weighted by Crippen LogP contribution is 2.29. The Labute approximate surface area is 157 Å². The summed E-state index contributed by atoms with van der Waals surface area (Å²) in [6.07, 6.45) is 10.3. The number of hydrogen-bond acceptors (Lipinski definition) is 5. The van der Waals surface area contributed by atoms with Crippen molar-refractivity contribution in [1.82, 2.24) is 25.1 Å². The Bertz CT molecular complexity index is 759. The van der Waals surface area contributed by atoms with Crippen LogP contribution in [0.4, 0.5) is 9.93 Å².